The molecule has 0 unspecified atom stereocenters. The van der Waals surface area contributed by atoms with Crippen molar-refractivity contribution in [2.24, 2.45) is 0 Å². The van der Waals surface area contributed by atoms with Crippen molar-refractivity contribution in [1.29, 1.82) is 0 Å². The summed E-state index contributed by atoms with van der Waals surface area (Å²) in [6.07, 6.45) is 0. The lowest BCUT2D eigenvalue weighted by Crippen LogP contribution is -2.54. The van der Waals surface area contributed by atoms with Crippen molar-refractivity contribution >= 4 is 33.6 Å². The molecule has 0 radical (unpaired) electrons. The summed E-state index contributed by atoms with van der Waals surface area (Å²) < 4.78 is 27.6. The largest absolute Gasteiger partial charge is 0.339 e. The zero-order chi connectivity index (χ0) is 21.9. The Kier molecular flexibility index (Phi) is 6.67. The van der Waals surface area contributed by atoms with Gasteiger partial charge in [0.2, 0.25) is 5.91 Å². The molecule has 0 atom stereocenters. The van der Waals surface area contributed by atoms with Gasteiger partial charge in [0.15, 0.2) is 0 Å². The topological polar surface area (TPSA) is 78.0 Å². The van der Waals surface area contributed by atoms with Gasteiger partial charge in [-0.05, 0) is 36.8 Å². The Bertz CT molecular complexity index is 1020. The Morgan fingerprint density at radius 2 is 1.47 bits per heavy atom. The van der Waals surface area contributed by atoms with Crippen LogP contribution in [-0.4, -0.2) is 60.6 Å². The van der Waals surface area contributed by atoms with E-state index in [2.05, 4.69) is 0 Å². The Morgan fingerprint density at radius 1 is 0.933 bits per heavy atom. The molecule has 160 valence electrons. The highest BCUT2D eigenvalue weighted by molar-refractivity contribution is 7.89. The van der Waals surface area contributed by atoms with E-state index >= 15 is 0 Å². The van der Waals surface area contributed by atoms with Crippen molar-refractivity contribution in [3.05, 3.63) is 64.7 Å². The minimum absolute atomic E-state index is 0.0535. The molecule has 30 heavy (non-hydrogen) atoms. The third-order valence-corrected chi connectivity index (χ3v) is 7.04. The minimum Gasteiger partial charge on any atom is -0.339 e. The summed E-state index contributed by atoms with van der Waals surface area (Å²) in [6, 6.07) is 12.5. The lowest BCUT2D eigenvalue weighted by Gasteiger charge is -2.36. The van der Waals surface area contributed by atoms with Gasteiger partial charge in [-0.2, -0.15) is 0 Å². The number of amides is 3. The Hall–Kier alpha value is -2.58. The monoisotopic (exact) mass is 449 g/mol. The van der Waals surface area contributed by atoms with Crippen molar-refractivity contribution in [3.63, 3.8) is 0 Å². The molecule has 0 aromatic heterocycles. The second-order valence-electron chi connectivity index (χ2n) is 7.23. The summed E-state index contributed by atoms with van der Waals surface area (Å²) in [5.74, 6) is -0.0626. The van der Waals surface area contributed by atoms with Crippen molar-refractivity contribution in [2.45, 2.75) is 25.3 Å². The van der Waals surface area contributed by atoms with Gasteiger partial charge in [0.25, 0.3) is 10.0 Å². The van der Waals surface area contributed by atoms with E-state index in [-0.39, 0.29) is 30.4 Å². The molecule has 0 saturated carbocycles. The number of carbonyl (C=O) groups is 2. The van der Waals surface area contributed by atoms with E-state index in [0.29, 0.717) is 23.7 Å². The quantitative estimate of drug-likeness (QED) is 0.718. The second kappa shape index (κ2) is 9.06. The van der Waals surface area contributed by atoms with Crippen LogP contribution in [0.25, 0.3) is 0 Å². The molecule has 0 bridgehead atoms. The molecule has 1 aliphatic rings. The smallest absolute Gasteiger partial charge is 0.334 e. The molecule has 1 heterocycles. The van der Waals surface area contributed by atoms with Crippen LogP contribution in [0.2, 0.25) is 5.02 Å². The Labute approximate surface area is 181 Å². The number of aryl methyl sites for hydroxylation is 1. The van der Waals surface area contributed by atoms with Gasteiger partial charge in [0.05, 0.1) is 11.4 Å². The fourth-order valence-corrected chi connectivity index (χ4v) is 4.72. The predicted octanol–water partition coefficient (Wildman–Crippen LogP) is 3.12. The molecule has 7 nitrogen and oxygen atoms in total. The summed E-state index contributed by atoms with van der Waals surface area (Å²) in [4.78, 5) is 28.0. The summed E-state index contributed by atoms with van der Waals surface area (Å²) in [6.45, 7) is 4.53. The molecule has 1 saturated heterocycles. The Morgan fingerprint density at radius 3 is 2.00 bits per heavy atom. The van der Waals surface area contributed by atoms with Crippen molar-refractivity contribution in [3.8, 4) is 0 Å². The van der Waals surface area contributed by atoms with E-state index in [1.54, 1.807) is 41.3 Å². The summed E-state index contributed by atoms with van der Waals surface area (Å²) >= 11 is 5.93. The molecule has 3 amide bonds. The van der Waals surface area contributed by atoms with Crippen LogP contribution in [0, 0.1) is 6.92 Å². The fourth-order valence-electron chi connectivity index (χ4n) is 3.22. The van der Waals surface area contributed by atoms with Crippen LogP contribution in [0.3, 0.4) is 0 Å². The number of hydrogen-bond donors (Lipinski definition) is 0. The van der Waals surface area contributed by atoms with E-state index in [4.69, 9.17) is 11.6 Å². The van der Waals surface area contributed by atoms with Crippen LogP contribution >= 0.6 is 11.6 Å². The highest BCUT2D eigenvalue weighted by Crippen LogP contribution is 2.22. The third kappa shape index (κ3) is 4.94. The number of nitrogens with zero attached hydrogens (tertiary/aromatic N) is 3. The Balaban J connectivity index is 1.91. The van der Waals surface area contributed by atoms with Crippen LogP contribution in [0.1, 0.15) is 18.1 Å². The molecule has 1 aliphatic heterocycles. The van der Waals surface area contributed by atoms with E-state index in [9.17, 15) is 18.0 Å². The first-order valence-corrected chi connectivity index (χ1v) is 11.4. The van der Waals surface area contributed by atoms with Crippen LogP contribution in [0.4, 0.5) is 4.79 Å². The normalized spacial score (nSPS) is 14.5. The van der Waals surface area contributed by atoms with Crippen molar-refractivity contribution in [2.75, 3.05) is 26.2 Å². The standard InChI is InChI=1S/C21H24ClN3O4S/c1-16-3-9-20(10-4-16)30(28,29)25(15-18-5-7-19(22)8-6-18)21(27)24-13-11-23(12-14-24)17(2)26/h3-10H,11-15H2,1-2H3. The van der Waals surface area contributed by atoms with Crippen LogP contribution in [0.5, 0.6) is 0 Å². The molecule has 2 aromatic rings. The summed E-state index contributed by atoms with van der Waals surface area (Å²) in [7, 11) is -4.08. The second-order valence-corrected chi connectivity index (χ2v) is 9.53. The first kappa shape index (κ1) is 22.1. The number of carbonyl (C=O) groups excluding carboxylic acids is 2. The van der Waals surface area contributed by atoms with E-state index in [0.717, 1.165) is 9.87 Å². The number of halogens is 1. The molecular weight excluding hydrogens is 426 g/mol. The number of benzene rings is 2. The number of urea groups is 1. The maximum absolute atomic E-state index is 13.4. The van der Waals surface area contributed by atoms with Gasteiger partial charge in [-0.25, -0.2) is 17.5 Å². The van der Waals surface area contributed by atoms with E-state index in [1.165, 1.54) is 24.0 Å². The average Bonchev–Trinajstić information content (AvgIpc) is 2.73. The highest BCUT2D eigenvalue weighted by Gasteiger charge is 2.34. The molecule has 2 aromatic carbocycles. The van der Waals surface area contributed by atoms with Crippen LogP contribution < -0.4 is 0 Å². The fraction of sp³-hybridized carbons (Fsp3) is 0.333. The third-order valence-electron chi connectivity index (χ3n) is 5.06. The van der Waals surface area contributed by atoms with Gasteiger partial charge >= 0.3 is 6.03 Å². The summed E-state index contributed by atoms with van der Waals surface area (Å²) in [5, 5.41) is 0.526. The molecule has 9 heteroatoms. The van der Waals surface area contributed by atoms with Gasteiger partial charge in [-0.15, -0.1) is 0 Å². The lowest BCUT2D eigenvalue weighted by atomic mass is 10.2. The van der Waals surface area contributed by atoms with Gasteiger partial charge in [-0.3, -0.25) is 4.79 Å². The molecular formula is C21H24ClN3O4S. The van der Waals surface area contributed by atoms with Crippen molar-refractivity contribution in [1.82, 2.24) is 14.1 Å². The average molecular weight is 450 g/mol. The van der Waals surface area contributed by atoms with Crippen LogP contribution in [0.15, 0.2) is 53.4 Å². The first-order valence-electron chi connectivity index (χ1n) is 9.57. The number of rotatable bonds is 4. The minimum atomic E-state index is -4.08. The lowest BCUT2D eigenvalue weighted by molar-refractivity contribution is -0.130. The van der Waals surface area contributed by atoms with Gasteiger partial charge in [-0.1, -0.05) is 41.4 Å². The SMILES string of the molecule is CC(=O)N1CCN(C(=O)N(Cc2ccc(Cl)cc2)S(=O)(=O)c2ccc(C)cc2)CC1. The first-order chi connectivity index (χ1) is 14.2. The molecule has 0 N–H and O–H groups in total. The van der Waals surface area contributed by atoms with E-state index < -0.39 is 16.1 Å². The number of hydrogen-bond acceptors (Lipinski definition) is 4. The van der Waals surface area contributed by atoms with Gasteiger partial charge in [0, 0.05) is 38.1 Å². The maximum atomic E-state index is 13.4. The molecule has 0 spiro atoms. The molecule has 1 fully saturated rings. The van der Waals surface area contributed by atoms with E-state index in [1.807, 2.05) is 6.92 Å². The zero-order valence-corrected chi connectivity index (χ0v) is 18.5. The number of sulfonamides is 1. The number of piperazine rings is 1. The summed E-state index contributed by atoms with van der Waals surface area (Å²) in [5.41, 5.74) is 1.57. The van der Waals surface area contributed by atoms with Gasteiger partial charge < -0.3 is 9.80 Å². The zero-order valence-electron chi connectivity index (χ0n) is 16.9. The molecule has 3 rings (SSSR count). The van der Waals surface area contributed by atoms with Gasteiger partial charge in [0.1, 0.15) is 0 Å². The van der Waals surface area contributed by atoms with Crippen molar-refractivity contribution < 1.29 is 18.0 Å². The predicted molar refractivity (Wildman–Crippen MR) is 115 cm³/mol. The maximum Gasteiger partial charge on any atom is 0.334 e. The molecule has 0 aliphatic carbocycles. The van der Waals surface area contributed by atoms with Crippen LogP contribution in [-0.2, 0) is 21.4 Å². The highest BCUT2D eigenvalue weighted by atomic mass is 35.5.